The minimum atomic E-state index is 0.513. The van der Waals surface area contributed by atoms with E-state index in [0.717, 1.165) is 18.5 Å². The molecule has 1 aromatic carbocycles. The van der Waals surface area contributed by atoms with Crippen LogP contribution in [0.15, 0.2) is 23.3 Å². The summed E-state index contributed by atoms with van der Waals surface area (Å²) in [6.07, 6.45) is 20.8. The Morgan fingerprint density at radius 3 is 1.90 bits per heavy atom. The average Bonchev–Trinajstić information content (AvgIpc) is 2.73. The van der Waals surface area contributed by atoms with Gasteiger partial charge in [-0.15, -0.1) is 0 Å². The highest BCUT2D eigenvalue weighted by Gasteiger charge is 1.98. The fourth-order valence-electron chi connectivity index (χ4n) is 3.32. The second-order valence-corrected chi connectivity index (χ2v) is 9.12. The van der Waals surface area contributed by atoms with Gasteiger partial charge in [-0.25, -0.2) is 0 Å². The van der Waals surface area contributed by atoms with E-state index in [-0.39, 0.29) is 0 Å². The van der Waals surface area contributed by atoms with Crippen LogP contribution in [-0.4, -0.2) is 17.9 Å². The first-order valence-corrected chi connectivity index (χ1v) is 12.8. The molecule has 0 saturated carbocycles. The zero-order valence-corrected chi connectivity index (χ0v) is 20.9. The first-order chi connectivity index (χ1) is 14.6. The van der Waals surface area contributed by atoms with Gasteiger partial charge in [0, 0.05) is 6.54 Å². The van der Waals surface area contributed by atoms with Crippen molar-refractivity contribution in [3.05, 3.63) is 33.8 Å². The van der Waals surface area contributed by atoms with Crippen LogP contribution in [0.1, 0.15) is 102 Å². The number of benzene rings is 1. The Kier molecular flexibility index (Phi) is 17.1. The van der Waals surface area contributed by atoms with Crippen molar-refractivity contribution in [1.82, 2.24) is 10.7 Å². The minimum Gasteiger partial charge on any atom is -0.361 e. The fourth-order valence-corrected chi connectivity index (χ4v) is 3.78. The second kappa shape index (κ2) is 18.9. The Hall–Kier alpha value is -0.840. The molecule has 0 saturated heterocycles. The molecule has 0 aliphatic carbocycles. The van der Waals surface area contributed by atoms with Gasteiger partial charge in [-0.05, 0) is 36.3 Å². The molecule has 30 heavy (non-hydrogen) atoms. The third-order valence-electron chi connectivity index (χ3n) is 5.14. The van der Waals surface area contributed by atoms with Gasteiger partial charge in [0.15, 0.2) is 5.11 Å². The molecule has 0 heterocycles. The van der Waals surface area contributed by atoms with Gasteiger partial charge in [-0.3, -0.25) is 5.43 Å². The lowest BCUT2D eigenvalue weighted by molar-refractivity contribution is 0.535. The lowest BCUT2D eigenvalue weighted by Gasteiger charge is -2.07. The molecule has 6 heteroatoms. The van der Waals surface area contributed by atoms with E-state index in [0.29, 0.717) is 15.2 Å². The van der Waals surface area contributed by atoms with Crippen molar-refractivity contribution in [2.24, 2.45) is 5.10 Å². The molecule has 0 atom stereocenters. The van der Waals surface area contributed by atoms with Crippen molar-refractivity contribution in [1.29, 1.82) is 0 Å². The molecule has 1 rings (SSSR count). The number of hydrogen-bond acceptors (Lipinski definition) is 2. The molecule has 0 radical (unpaired) electrons. The Morgan fingerprint density at radius 2 is 1.37 bits per heavy atom. The highest BCUT2D eigenvalue weighted by Crippen LogP contribution is 2.21. The van der Waals surface area contributed by atoms with Crippen molar-refractivity contribution in [3.8, 4) is 0 Å². The quantitative estimate of drug-likeness (QED) is 0.104. The van der Waals surface area contributed by atoms with Crippen LogP contribution in [-0.2, 0) is 0 Å². The third kappa shape index (κ3) is 15.0. The summed E-state index contributed by atoms with van der Waals surface area (Å²) in [6.45, 7) is 3.16. The van der Waals surface area contributed by atoms with Crippen LogP contribution < -0.4 is 10.7 Å². The molecule has 0 aromatic heterocycles. The van der Waals surface area contributed by atoms with Crippen molar-refractivity contribution >= 4 is 46.7 Å². The number of unbranched alkanes of at least 4 members (excludes halogenated alkanes) is 13. The van der Waals surface area contributed by atoms with E-state index in [1.165, 1.54) is 83.5 Å². The lowest BCUT2D eigenvalue weighted by Crippen LogP contribution is -2.32. The summed E-state index contributed by atoms with van der Waals surface area (Å²) in [5, 5.41) is 8.90. The summed E-state index contributed by atoms with van der Waals surface area (Å²) >= 11 is 17.1. The van der Waals surface area contributed by atoms with Crippen LogP contribution in [0.2, 0.25) is 10.0 Å². The molecule has 0 bridgehead atoms. The van der Waals surface area contributed by atoms with E-state index in [2.05, 4.69) is 22.8 Å². The van der Waals surface area contributed by atoms with E-state index in [9.17, 15) is 0 Å². The zero-order valence-electron chi connectivity index (χ0n) is 18.5. The normalized spacial score (nSPS) is 11.2. The van der Waals surface area contributed by atoms with E-state index in [1.54, 1.807) is 18.3 Å². The first kappa shape index (κ1) is 27.2. The van der Waals surface area contributed by atoms with Crippen molar-refractivity contribution in [2.75, 3.05) is 6.54 Å². The van der Waals surface area contributed by atoms with Crippen molar-refractivity contribution in [3.63, 3.8) is 0 Å². The number of rotatable bonds is 17. The monoisotopic (exact) mass is 471 g/mol. The predicted octanol–water partition coefficient (Wildman–Crippen LogP) is 8.27. The predicted molar refractivity (Wildman–Crippen MR) is 138 cm³/mol. The van der Waals surface area contributed by atoms with E-state index >= 15 is 0 Å². The van der Waals surface area contributed by atoms with Gasteiger partial charge in [-0.2, -0.15) is 5.10 Å². The van der Waals surface area contributed by atoms with Gasteiger partial charge in [0.2, 0.25) is 0 Å². The Balaban J connectivity index is 1.88. The van der Waals surface area contributed by atoms with Gasteiger partial charge in [0.1, 0.15) is 0 Å². The Labute approximate surface area is 199 Å². The van der Waals surface area contributed by atoms with E-state index in [1.807, 2.05) is 6.07 Å². The van der Waals surface area contributed by atoms with Crippen molar-refractivity contribution < 1.29 is 0 Å². The molecular formula is C24H39Cl2N3S. The van der Waals surface area contributed by atoms with Crippen LogP contribution in [0.5, 0.6) is 0 Å². The largest absolute Gasteiger partial charge is 0.361 e. The smallest absolute Gasteiger partial charge is 0.186 e. The SMILES string of the molecule is CCCCCCCCCCCCCCCCNC(=S)N/N=C/c1ccc(Cl)c(Cl)c1. The van der Waals surface area contributed by atoms with Gasteiger partial charge in [0.25, 0.3) is 0 Å². The standard InChI is InChI=1S/C24H39Cl2N3S/c1-2-3-4-5-6-7-8-9-10-11-12-13-14-15-18-27-24(30)29-28-20-21-16-17-22(25)23(26)19-21/h16-17,19-20H,2-15,18H2,1H3,(H2,27,29,30)/b28-20+. The van der Waals surface area contributed by atoms with Crippen LogP contribution in [0.3, 0.4) is 0 Å². The fraction of sp³-hybridized carbons (Fsp3) is 0.667. The summed E-state index contributed by atoms with van der Waals surface area (Å²) in [4.78, 5) is 0. The Bertz CT molecular complexity index is 608. The maximum atomic E-state index is 5.98. The topological polar surface area (TPSA) is 36.4 Å². The maximum absolute atomic E-state index is 5.98. The van der Waals surface area contributed by atoms with Gasteiger partial charge < -0.3 is 5.32 Å². The summed E-state index contributed by atoms with van der Waals surface area (Å²) in [7, 11) is 0. The van der Waals surface area contributed by atoms with Gasteiger partial charge >= 0.3 is 0 Å². The zero-order chi connectivity index (χ0) is 21.9. The summed E-state index contributed by atoms with van der Waals surface area (Å²) in [6, 6.07) is 5.36. The molecule has 0 unspecified atom stereocenters. The number of hydrogen-bond donors (Lipinski definition) is 2. The second-order valence-electron chi connectivity index (χ2n) is 7.90. The first-order valence-electron chi connectivity index (χ1n) is 11.7. The molecule has 0 fully saturated rings. The Morgan fingerprint density at radius 1 is 0.833 bits per heavy atom. The molecular weight excluding hydrogens is 433 g/mol. The van der Waals surface area contributed by atoms with Crippen LogP contribution in [0.4, 0.5) is 0 Å². The summed E-state index contributed by atoms with van der Waals surface area (Å²) in [5.74, 6) is 0. The summed E-state index contributed by atoms with van der Waals surface area (Å²) in [5.41, 5.74) is 3.70. The van der Waals surface area contributed by atoms with Crippen LogP contribution in [0.25, 0.3) is 0 Å². The number of nitrogens with one attached hydrogen (secondary N) is 2. The molecule has 0 spiro atoms. The number of halogens is 2. The molecule has 2 N–H and O–H groups in total. The number of nitrogens with zero attached hydrogens (tertiary/aromatic N) is 1. The molecule has 0 aliphatic heterocycles. The highest BCUT2D eigenvalue weighted by molar-refractivity contribution is 7.80. The number of hydrazone groups is 1. The van der Waals surface area contributed by atoms with Gasteiger partial charge in [0.05, 0.1) is 16.3 Å². The molecule has 1 aromatic rings. The summed E-state index contributed by atoms with van der Waals surface area (Å²) < 4.78 is 0. The van der Waals surface area contributed by atoms with Gasteiger partial charge in [-0.1, -0.05) is 120 Å². The maximum Gasteiger partial charge on any atom is 0.186 e. The highest BCUT2D eigenvalue weighted by atomic mass is 35.5. The minimum absolute atomic E-state index is 0.513. The third-order valence-corrected chi connectivity index (χ3v) is 6.11. The van der Waals surface area contributed by atoms with E-state index < -0.39 is 0 Å². The van der Waals surface area contributed by atoms with Crippen LogP contribution >= 0.6 is 35.4 Å². The molecule has 3 nitrogen and oxygen atoms in total. The van der Waals surface area contributed by atoms with Crippen LogP contribution in [0, 0.1) is 0 Å². The molecule has 0 aliphatic rings. The van der Waals surface area contributed by atoms with Crippen molar-refractivity contribution in [2.45, 2.75) is 96.8 Å². The molecule has 170 valence electrons. The van der Waals surface area contributed by atoms with E-state index in [4.69, 9.17) is 35.4 Å². The lowest BCUT2D eigenvalue weighted by atomic mass is 10.0. The molecule has 0 amide bonds. The average molecular weight is 473 g/mol. The number of thiocarbonyl (C=S) groups is 1.